The highest BCUT2D eigenvalue weighted by molar-refractivity contribution is 8.03. The summed E-state index contributed by atoms with van der Waals surface area (Å²) in [6, 6.07) is 16.8. The molecule has 138 valence electrons. The van der Waals surface area contributed by atoms with Crippen LogP contribution in [0.3, 0.4) is 0 Å². The van der Waals surface area contributed by atoms with Gasteiger partial charge in [-0.05, 0) is 23.3 Å². The Morgan fingerprint density at radius 3 is 2.67 bits per heavy atom. The molecule has 2 aromatic carbocycles. The zero-order chi connectivity index (χ0) is 18.9. The third kappa shape index (κ3) is 6.70. The number of carbonyl (C=O) groups excluding carboxylic acids is 1. The van der Waals surface area contributed by atoms with Crippen molar-refractivity contribution in [1.29, 1.82) is 0 Å². The topological polar surface area (TPSA) is 87.5 Å². The number of rotatable bonds is 8. The molecule has 1 aromatic heterocycles. The number of phenols is 1. The Kier molecular flexibility index (Phi) is 7.26. The molecule has 0 radical (unpaired) electrons. The Labute approximate surface area is 169 Å². The molecule has 0 unspecified atom stereocenters. The minimum atomic E-state index is -0.231. The first-order valence-electron chi connectivity index (χ1n) is 7.93. The molecule has 0 fully saturated rings. The van der Waals surface area contributed by atoms with Crippen LogP contribution in [-0.4, -0.2) is 33.2 Å². The fraction of sp³-hybridized carbons (Fsp3) is 0.111. The van der Waals surface area contributed by atoms with Crippen molar-refractivity contribution in [3.63, 3.8) is 0 Å². The van der Waals surface area contributed by atoms with E-state index < -0.39 is 0 Å². The van der Waals surface area contributed by atoms with Gasteiger partial charge in [-0.2, -0.15) is 5.10 Å². The summed E-state index contributed by atoms with van der Waals surface area (Å²) in [4.78, 5) is 11.8. The number of aromatic hydroxyl groups is 1. The molecule has 1 amide bonds. The number of aromatic nitrogens is 2. The summed E-state index contributed by atoms with van der Waals surface area (Å²) in [5.41, 5.74) is 4.39. The number of benzene rings is 2. The Bertz CT molecular complexity index is 916. The van der Waals surface area contributed by atoms with Crippen molar-refractivity contribution in [2.75, 3.05) is 5.75 Å². The Balaban J connectivity index is 1.40. The van der Waals surface area contributed by atoms with Crippen LogP contribution in [0.2, 0.25) is 0 Å². The zero-order valence-electron chi connectivity index (χ0n) is 14.1. The van der Waals surface area contributed by atoms with Crippen LogP contribution in [0.5, 0.6) is 5.75 Å². The summed E-state index contributed by atoms with van der Waals surface area (Å²) in [5.74, 6) is 0.961. The van der Waals surface area contributed by atoms with E-state index in [1.54, 1.807) is 36.0 Å². The van der Waals surface area contributed by atoms with Crippen molar-refractivity contribution in [1.82, 2.24) is 15.6 Å². The molecule has 0 spiro atoms. The van der Waals surface area contributed by atoms with Crippen LogP contribution in [0.1, 0.15) is 11.1 Å². The lowest BCUT2D eigenvalue weighted by Crippen LogP contribution is -2.19. The van der Waals surface area contributed by atoms with Gasteiger partial charge in [-0.15, -0.1) is 10.2 Å². The van der Waals surface area contributed by atoms with E-state index in [0.29, 0.717) is 5.56 Å². The number of thioether (sulfide) groups is 2. The van der Waals surface area contributed by atoms with E-state index in [-0.39, 0.29) is 17.4 Å². The molecule has 2 N–H and O–H groups in total. The molecule has 0 saturated heterocycles. The van der Waals surface area contributed by atoms with Crippen molar-refractivity contribution < 1.29 is 9.90 Å². The Morgan fingerprint density at radius 2 is 1.89 bits per heavy atom. The smallest absolute Gasteiger partial charge is 0.250 e. The molecular formula is C18H16N4O2S3. The van der Waals surface area contributed by atoms with E-state index in [2.05, 4.69) is 32.9 Å². The van der Waals surface area contributed by atoms with Gasteiger partial charge < -0.3 is 5.11 Å². The number of amides is 1. The van der Waals surface area contributed by atoms with E-state index in [9.17, 15) is 9.90 Å². The first kappa shape index (κ1) is 19.4. The van der Waals surface area contributed by atoms with Gasteiger partial charge in [-0.1, -0.05) is 77.3 Å². The molecule has 0 aliphatic heterocycles. The van der Waals surface area contributed by atoms with Gasteiger partial charge in [0, 0.05) is 5.75 Å². The average Bonchev–Trinajstić information content (AvgIpc) is 3.14. The largest absolute Gasteiger partial charge is 0.508 e. The third-order valence-electron chi connectivity index (χ3n) is 3.19. The first-order chi connectivity index (χ1) is 13.2. The summed E-state index contributed by atoms with van der Waals surface area (Å²) in [5, 5.41) is 21.5. The van der Waals surface area contributed by atoms with Crippen LogP contribution in [0.15, 0.2) is 68.4 Å². The highest BCUT2D eigenvalue weighted by atomic mass is 32.2. The molecular weight excluding hydrogens is 400 g/mol. The number of hydrazone groups is 1. The number of nitrogens with one attached hydrogen (secondary N) is 1. The molecule has 0 saturated carbocycles. The van der Waals surface area contributed by atoms with Gasteiger partial charge in [0.2, 0.25) is 0 Å². The van der Waals surface area contributed by atoms with Crippen molar-refractivity contribution in [2.24, 2.45) is 5.10 Å². The molecule has 1 heterocycles. The maximum Gasteiger partial charge on any atom is 0.250 e. The summed E-state index contributed by atoms with van der Waals surface area (Å²) in [7, 11) is 0. The van der Waals surface area contributed by atoms with Crippen LogP contribution in [0.4, 0.5) is 0 Å². The van der Waals surface area contributed by atoms with Gasteiger partial charge in [0.05, 0.1) is 12.0 Å². The predicted octanol–water partition coefficient (Wildman–Crippen LogP) is 3.78. The normalized spacial score (nSPS) is 11.0. The number of nitrogens with zero attached hydrogens (tertiary/aromatic N) is 3. The SMILES string of the molecule is O=C(CSc1nnc(SCc2ccccc2)s1)NN=Cc1cccc(O)c1. The number of hydrogen-bond acceptors (Lipinski definition) is 8. The first-order valence-corrected chi connectivity index (χ1v) is 10.7. The van der Waals surface area contributed by atoms with Crippen LogP contribution >= 0.6 is 34.9 Å². The maximum absolute atomic E-state index is 11.8. The lowest BCUT2D eigenvalue weighted by atomic mass is 10.2. The molecule has 0 bridgehead atoms. The molecule has 0 aliphatic rings. The lowest BCUT2D eigenvalue weighted by molar-refractivity contribution is -0.118. The Morgan fingerprint density at radius 1 is 1.11 bits per heavy atom. The summed E-state index contributed by atoms with van der Waals surface area (Å²) < 4.78 is 1.63. The second-order valence-electron chi connectivity index (χ2n) is 5.28. The molecule has 3 rings (SSSR count). The number of hydrogen-bond donors (Lipinski definition) is 2. The standard InChI is InChI=1S/C18H16N4O2S3/c23-15-8-4-7-14(9-15)10-19-20-16(24)12-26-18-22-21-17(27-18)25-11-13-5-2-1-3-6-13/h1-10,23H,11-12H2,(H,20,24). The van der Waals surface area contributed by atoms with E-state index in [4.69, 9.17) is 0 Å². The van der Waals surface area contributed by atoms with E-state index in [1.807, 2.05) is 18.2 Å². The van der Waals surface area contributed by atoms with Gasteiger partial charge in [0.15, 0.2) is 8.68 Å². The van der Waals surface area contributed by atoms with Crippen molar-refractivity contribution >= 4 is 47.0 Å². The van der Waals surface area contributed by atoms with Gasteiger partial charge in [0.25, 0.3) is 5.91 Å². The summed E-state index contributed by atoms with van der Waals surface area (Å²) in [6.07, 6.45) is 1.48. The van der Waals surface area contributed by atoms with Crippen LogP contribution < -0.4 is 5.43 Å². The quantitative estimate of drug-likeness (QED) is 0.330. The number of phenolic OH excluding ortho intramolecular Hbond substituents is 1. The highest BCUT2D eigenvalue weighted by Crippen LogP contribution is 2.30. The maximum atomic E-state index is 11.8. The molecule has 9 heteroatoms. The lowest BCUT2D eigenvalue weighted by Gasteiger charge is -1.98. The van der Waals surface area contributed by atoms with Crippen molar-refractivity contribution in [3.8, 4) is 5.75 Å². The fourth-order valence-corrected chi connectivity index (χ4v) is 4.74. The molecule has 3 aromatic rings. The van der Waals surface area contributed by atoms with Crippen LogP contribution in [-0.2, 0) is 10.5 Å². The van der Waals surface area contributed by atoms with Gasteiger partial charge in [0.1, 0.15) is 5.75 Å². The van der Waals surface area contributed by atoms with Gasteiger partial charge in [-0.25, -0.2) is 5.43 Å². The minimum Gasteiger partial charge on any atom is -0.508 e. The summed E-state index contributed by atoms with van der Waals surface area (Å²) in [6.45, 7) is 0. The van der Waals surface area contributed by atoms with E-state index in [1.165, 1.54) is 34.9 Å². The second-order valence-corrected chi connectivity index (χ2v) is 8.71. The van der Waals surface area contributed by atoms with Crippen LogP contribution in [0.25, 0.3) is 0 Å². The second kappa shape index (κ2) is 10.1. The molecule has 6 nitrogen and oxygen atoms in total. The Hall–Kier alpha value is -2.36. The minimum absolute atomic E-state index is 0.151. The zero-order valence-corrected chi connectivity index (χ0v) is 16.6. The third-order valence-corrected chi connectivity index (χ3v) is 6.45. The highest BCUT2D eigenvalue weighted by Gasteiger charge is 2.08. The summed E-state index contributed by atoms with van der Waals surface area (Å²) >= 11 is 4.43. The van der Waals surface area contributed by atoms with Crippen molar-refractivity contribution in [2.45, 2.75) is 14.4 Å². The van der Waals surface area contributed by atoms with E-state index in [0.717, 1.165) is 14.4 Å². The number of carbonyl (C=O) groups is 1. The van der Waals surface area contributed by atoms with Crippen molar-refractivity contribution in [3.05, 3.63) is 65.7 Å². The molecule has 0 aliphatic carbocycles. The molecule has 27 heavy (non-hydrogen) atoms. The predicted molar refractivity (Wildman–Crippen MR) is 110 cm³/mol. The molecule has 0 atom stereocenters. The van der Waals surface area contributed by atoms with Gasteiger partial charge >= 0.3 is 0 Å². The van der Waals surface area contributed by atoms with Crippen LogP contribution in [0, 0.1) is 0 Å². The average molecular weight is 417 g/mol. The monoisotopic (exact) mass is 416 g/mol. The fourth-order valence-electron chi connectivity index (χ4n) is 1.98. The van der Waals surface area contributed by atoms with Gasteiger partial charge in [-0.3, -0.25) is 4.79 Å². The van der Waals surface area contributed by atoms with E-state index >= 15 is 0 Å².